The van der Waals surface area contributed by atoms with Crippen LogP contribution in [0.3, 0.4) is 0 Å². The van der Waals surface area contributed by atoms with Crippen molar-refractivity contribution in [3.8, 4) is 0 Å². The molecular weight excluding hydrogens is 240 g/mol. The minimum Gasteiger partial charge on any atom is -0.396 e. The Morgan fingerprint density at radius 2 is 1.94 bits per heavy atom. The van der Waals surface area contributed by atoms with Crippen LogP contribution in [0.25, 0.3) is 0 Å². The minimum atomic E-state index is -0.891. The van der Waals surface area contributed by atoms with Gasteiger partial charge in [-0.15, -0.1) is 0 Å². The average Bonchev–Trinajstić information content (AvgIpc) is 2.31. The Hall–Kier alpha value is -1.49. The van der Waals surface area contributed by atoms with E-state index < -0.39 is 23.0 Å². The first-order chi connectivity index (χ1) is 8.26. The maximum absolute atomic E-state index is 13.4. The fourth-order valence-corrected chi connectivity index (χ4v) is 1.30. The second kappa shape index (κ2) is 5.44. The smallest absolute Gasteiger partial charge is 0.254 e. The van der Waals surface area contributed by atoms with Gasteiger partial charge in [-0.25, -0.2) is 8.78 Å². The molecule has 0 radical (unpaired) electrons. The molecule has 0 aromatic heterocycles. The number of benzene rings is 1. The Balaban J connectivity index is 2.82. The van der Waals surface area contributed by atoms with E-state index >= 15 is 0 Å². The van der Waals surface area contributed by atoms with E-state index in [2.05, 4.69) is 5.32 Å². The van der Waals surface area contributed by atoms with Crippen LogP contribution in [0.1, 0.15) is 29.8 Å². The van der Waals surface area contributed by atoms with Gasteiger partial charge in [0.1, 0.15) is 11.6 Å². The first kappa shape index (κ1) is 14.6. The highest BCUT2D eigenvalue weighted by Gasteiger charge is 2.20. The highest BCUT2D eigenvalue weighted by atomic mass is 19.1. The van der Waals surface area contributed by atoms with Gasteiger partial charge in [0.05, 0.1) is 5.56 Å². The van der Waals surface area contributed by atoms with E-state index in [9.17, 15) is 13.6 Å². The third-order valence-electron chi connectivity index (χ3n) is 2.65. The molecule has 1 amide bonds. The molecule has 1 aromatic rings. The number of hydrogen-bond donors (Lipinski definition) is 2. The molecule has 0 aliphatic rings. The van der Waals surface area contributed by atoms with E-state index in [1.807, 2.05) is 0 Å². The number of aliphatic hydroxyl groups excluding tert-OH is 1. The topological polar surface area (TPSA) is 49.3 Å². The van der Waals surface area contributed by atoms with E-state index in [0.29, 0.717) is 6.07 Å². The van der Waals surface area contributed by atoms with E-state index in [-0.39, 0.29) is 24.3 Å². The van der Waals surface area contributed by atoms with Crippen LogP contribution >= 0.6 is 0 Å². The molecule has 0 atom stereocenters. The summed E-state index contributed by atoms with van der Waals surface area (Å²) in [5.74, 6) is -2.19. The summed E-state index contributed by atoms with van der Waals surface area (Å²) in [7, 11) is 0. The van der Waals surface area contributed by atoms with Gasteiger partial charge in [0.2, 0.25) is 0 Å². The lowest BCUT2D eigenvalue weighted by molar-refractivity contribution is 0.0907. The number of aliphatic hydroxyl groups is 1. The summed E-state index contributed by atoms with van der Waals surface area (Å²) in [6, 6.07) is 1.87. The fourth-order valence-electron chi connectivity index (χ4n) is 1.30. The zero-order valence-electron chi connectivity index (χ0n) is 10.7. The highest BCUT2D eigenvalue weighted by Crippen LogP contribution is 2.15. The molecule has 0 unspecified atom stereocenters. The van der Waals surface area contributed by atoms with Crippen LogP contribution in [-0.4, -0.2) is 24.2 Å². The Bertz CT molecular complexity index is 459. The number of carbonyl (C=O) groups excluding carboxylic acids is 1. The molecule has 0 saturated carbocycles. The number of halogens is 2. The molecule has 0 spiro atoms. The molecular formula is C13H17F2NO2. The van der Waals surface area contributed by atoms with Crippen LogP contribution in [0.15, 0.2) is 12.1 Å². The van der Waals surface area contributed by atoms with Crippen LogP contribution in [0.2, 0.25) is 0 Å². The van der Waals surface area contributed by atoms with Crippen molar-refractivity contribution in [3.63, 3.8) is 0 Å². The van der Waals surface area contributed by atoms with Crippen LogP contribution < -0.4 is 5.32 Å². The maximum Gasteiger partial charge on any atom is 0.254 e. The lowest BCUT2D eigenvalue weighted by atomic mass is 9.95. The number of nitrogens with one attached hydrogen (secondary N) is 1. The zero-order chi connectivity index (χ0) is 13.9. The second-order valence-corrected chi connectivity index (χ2v) is 5.09. The monoisotopic (exact) mass is 257 g/mol. The summed E-state index contributed by atoms with van der Waals surface area (Å²) in [6.45, 7) is 5.10. The normalized spacial score (nSPS) is 11.4. The highest BCUT2D eigenvalue weighted by molar-refractivity contribution is 5.94. The van der Waals surface area contributed by atoms with Crippen molar-refractivity contribution in [2.45, 2.75) is 20.8 Å². The summed E-state index contributed by atoms with van der Waals surface area (Å²) >= 11 is 0. The largest absolute Gasteiger partial charge is 0.396 e. The summed E-state index contributed by atoms with van der Waals surface area (Å²) < 4.78 is 26.5. The molecule has 0 heterocycles. The van der Waals surface area contributed by atoms with E-state index in [1.165, 1.54) is 13.0 Å². The summed E-state index contributed by atoms with van der Waals surface area (Å²) in [5.41, 5.74) is -0.466. The predicted octanol–water partition coefficient (Wildman–Crippen LogP) is 2.02. The Labute approximate surface area is 105 Å². The molecule has 0 aliphatic carbocycles. The third kappa shape index (κ3) is 3.50. The Morgan fingerprint density at radius 3 is 2.50 bits per heavy atom. The lowest BCUT2D eigenvalue weighted by Crippen LogP contribution is -2.36. The molecule has 1 rings (SSSR count). The van der Waals surface area contributed by atoms with E-state index in [4.69, 9.17) is 5.11 Å². The quantitative estimate of drug-likeness (QED) is 0.867. The van der Waals surface area contributed by atoms with Crippen molar-refractivity contribution in [2.24, 2.45) is 5.41 Å². The van der Waals surface area contributed by atoms with Crippen molar-refractivity contribution in [1.29, 1.82) is 0 Å². The summed E-state index contributed by atoms with van der Waals surface area (Å²) in [4.78, 5) is 11.7. The molecule has 2 N–H and O–H groups in total. The summed E-state index contributed by atoms with van der Waals surface area (Å²) in [5, 5.41) is 11.6. The first-order valence-electron chi connectivity index (χ1n) is 5.61. The molecule has 100 valence electrons. The summed E-state index contributed by atoms with van der Waals surface area (Å²) in [6.07, 6.45) is 0. The van der Waals surface area contributed by atoms with Gasteiger partial charge in [-0.05, 0) is 18.6 Å². The number of aryl methyl sites for hydroxylation is 1. The third-order valence-corrected chi connectivity index (χ3v) is 2.65. The number of amides is 1. The first-order valence-corrected chi connectivity index (χ1v) is 5.61. The van der Waals surface area contributed by atoms with Crippen molar-refractivity contribution in [1.82, 2.24) is 5.32 Å². The van der Waals surface area contributed by atoms with Gasteiger partial charge in [0.15, 0.2) is 0 Å². The number of rotatable bonds is 4. The molecule has 0 bridgehead atoms. The Kier molecular flexibility index (Phi) is 4.40. The second-order valence-electron chi connectivity index (χ2n) is 5.09. The molecule has 0 fully saturated rings. The zero-order valence-corrected chi connectivity index (χ0v) is 10.7. The van der Waals surface area contributed by atoms with E-state index in [1.54, 1.807) is 13.8 Å². The molecule has 18 heavy (non-hydrogen) atoms. The van der Waals surface area contributed by atoms with Gasteiger partial charge in [0.25, 0.3) is 5.91 Å². The fraction of sp³-hybridized carbons (Fsp3) is 0.462. The molecule has 3 nitrogen and oxygen atoms in total. The number of carbonyl (C=O) groups is 1. The SMILES string of the molecule is Cc1cc(C(=O)NCC(C)(C)CO)c(F)cc1F. The molecule has 0 aliphatic heterocycles. The molecule has 5 heteroatoms. The van der Waals surface area contributed by atoms with Gasteiger partial charge < -0.3 is 10.4 Å². The van der Waals surface area contributed by atoms with Crippen LogP contribution in [0.5, 0.6) is 0 Å². The van der Waals surface area contributed by atoms with Gasteiger partial charge >= 0.3 is 0 Å². The van der Waals surface area contributed by atoms with Gasteiger partial charge in [-0.3, -0.25) is 4.79 Å². The maximum atomic E-state index is 13.4. The van der Waals surface area contributed by atoms with Crippen LogP contribution in [-0.2, 0) is 0 Å². The minimum absolute atomic E-state index is 0.0990. The standard InChI is InChI=1S/C13H17F2NO2/c1-8-4-9(11(15)5-10(8)14)12(18)16-6-13(2,3)7-17/h4-5,17H,6-7H2,1-3H3,(H,16,18). The van der Waals surface area contributed by atoms with Crippen molar-refractivity contribution in [3.05, 3.63) is 34.9 Å². The van der Waals surface area contributed by atoms with Crippen molar-refractivity contribution < 1.29 is 18.7 Å². The van der Waals surface area contributed by atoms with Gasteiger partial charge in [0, 0.05) is 24.6 Å². The average molecular weight is 257 g/mol. The van der Waals surface area contributed by atoms with Gasteiger partial charge in [-0.2, -0.15) is 0 Å². The Morgan fingerprint density at radius 1 is 1.33 bits per heavy atom. The van der Waals surface area contributed by atoms with Crippen molar-refractivity contribution in [2.75, 3.05) is 13.2 Å². The van der Waals surface area contributed by atoms with E-state index in [0.717, 1.165) is 0 Å². The lowest BCUT2D eigenvalue weighted by Gasteiger charge is -2.21. The van der Waals surface area contributed by atoms with Crippen LogP contribution in [0, 0.1) is 24.0 Å². The predicted molar refractivity (Wildman–Crippen MR) is 64.3 cm³/mol. The van der Waals surface area contributed by atoms with Crippen molar-refractivity contribution >= 4 is 5.91 Å². The van der Waals surface area contributed by atoms with Gasteiger partial charge in [-0.1, -0.05) is 13.8 Å². The van der Waals surface area contributed by atoms with Crippen LogP contribution in [0.4, 0.5) is 8.78 Å². The number of hydrogen-bond acceptors (Lipinski definition) is 2. The molecule has 0 saturated heterocycles. The molecule has 1 aromatic carbocycles.